The Bertz CT molecular complexity index is 1010. The molecule has 2 heterocycles. The number of rotatable bonds is 6. The normalized spacial score (nSPS) is 12.2. The van der Waals surface area contributed by atoms with E-state index in [4.69, 9.17) is 8.83 Å². The van der Waals surface area contributed by atoms with Crippen molar-refractivity contribution < 1.29 is 8.83 Å². The van der Waals surface area contributed by atoms with E-state index in [2.05, 4.69) is 20.4 Å². The Balaban J connectivity index is 1.42. The summed E-state index contributed by atoms with van der Waals surface area (Å²) >= 11 is 1.40. The Kier molecular flexibility index (Phi) is 5.02. The van der Waals surface area contributed by atoms with Gasteiger partial charge in [0.05, 0.1) is 11.7 Å². The van der Waals surface area contributed by atoms with E-state index in [0.29, 0.717) is 29.3 Å². The second-order valence-electron chi connectivity index (χ2n) is 6.20. The molecule has 0 aliphatic rings. The first-order valence-corrected chi connectivity index (χ1v) is 9.49. The van der Waals surface area contributed by atoms with Crippen LogP contribution in [0.5, 0.6) is 0 Å². The lowest BCUT2D eigenvalue weighted by molar-refractivity contribution is 0.418. The summed E-state index contributed by atoms with van der Waals surface area (Å²) in [5, 5.41) is 16.9. The van der Waals surface area contributed by atoms with Crippen LogP contribution in [0.2, 0.25) is 0 Å². The molecule has 0 saturated heterocycles. The van der Waals surface area contributed by atoms with Crippen LogP contribution in [0.25, 0.3) is 11.5 Å². The van der Waals surface area contributed by atoms with Crippen LogP contribution in [-0.4, -0.2) is 20.4 Å². The Labute approximate surface area is 161 Å². The molecule has 27 heavy (non-hydrogen) atoms. The second-order valence-corrected chi connectivity index (χ2v) is 7.49. The number of benzene rings is 2. The Morgan fingerprint density at radius 2 is 1.67 bits per heavy atom. The summed E-state index contributed by atoms with van der Waals surface area (Å²) in [6, 6.07) is 18.0. The largest absolute Gasteiger partial charge is 0.419 e. The van der Waals surface area contributed by atoms with Crippen molar-refractivity contribution in [3.05, 3.63) is 77.5 Å². The van der Waals surface area contributed by atoms with Crippen LogP contribution in [0.3, 0.4) is 0 Å². The van der Waals surface area contributed by atoms with Crippen molar-refractivity contribution >= 4 is 11.8 Å². The summed E-state index contributed by atoms with van der Waals surface area (Å²) < 4.78 is 11.5. The fraction of sp³-hybridized carbons (Fsp3) is 0.200. The van der Waals surface area contributed by atoms with Crippen molar-refractivity contribution in [3.8, 4) is 11.5 Å². The number of thioether (sulfide) groups is 1. The number of hydrogen-bond acceptors (Lipinski definition) is 7. The number of aryl methyl sites for hydroxylation is 1. The Morgan fingerprint density at radius 1 is 0.889 bits per heavy atom. The molecular weight excluding hydrogens is 360 g/mol. The van der Waals surface area contributed by atoms with Crippen LogP contribution >= 0.6 is 11.8 Å². The van der Waals surface area contributed by atoms with E-state index in [0.717, 1.165) is 11.1 Å². The third kappa shape index (κ3) is 4.25. The predicted molar refractivity (Wildman–Crippen MR) is 102 cm³/mol. The van der Waals surface area contributed by atoms with Gasteiger partial charge in [0.1, 0.15) is 0 Å². The molecule has 136 valence electrons. The monoisotopic (exact) mass is 378 g/mol. The van der Waals surface area contributed by atoms with Crippen LogP contribution in [0.4, 0.5) is 0 Å². The van der Waals surface area contributed by atoms with Crippen molar-refractivity contribution in [1.29, 1.82) is 0 Å². The third-order valence-corrected chi connectivity index (χ3v) is 4.93. The average molecular weight is 378 g/mol. The molecule has 0 aliphatic heterocycles. The summed E-state index contributed by atoms with van der Waals surface area (Å²) in [6.45, 7) is 4.01. The minimum atomic E-state index is -0.0956. The lowest BCUT2D eigenvalue weighted by atomic mass is 10.1. The van der Waals surface area contributed by atoms with Gasteiger partial charge in [-0.15, -0.1) is 20.4 Å². The molecule has 0 spiro atoms. The van der Waals surface area contributed by atoms with Gasteiger partial charge in [-0.3, -0.25) is 0 Å². The fourth-order valence-electron chi connectivity index (χ4n) is 2.54. The molecule has 0 bridgehead atoms. The van der Waals surface area contributed by atoms with Gasteiger partial charge in [-0.1, -0.05) is 59.8 Å². The first-order chi connectivity index (χ1) is 13.2. The van der Waals surface area contributed by atoms with E-state index in [1.807, 2.05) is 68.4 Å². The SMILES string of the molecule is Cc1ccc(-c2nnc([C@H](C)Sc3nnc(Cc4ccccc4)o3)o2)cc1. The summed E-state index contributed by atoms with van der Waals surface area (Å²) in [5.74, 6) is 1.62. The molecular formula is C20H18N4O2S. The van der Waals surface area contributed by atoms with Gasteiger partial charge in [-0.25, -0.2) is 0 Å². The van der Waals surface area contributed by atoms with Gasteiger partial charge in [0.2, 0.25) is 17.7 Å². The van der Waals surface area contributed by atoms with Crippen LogP contribution in [0.1, 0.15) is 35.1 Å². The lowest BCUT2D eigenvalue weighted by Gasteiger charge is -2.02. The summed E-state index contributed by atoms with van der Waals surface area (Å²) in [4.78, 5) is 0. The highest BCUT2D eigenvalue weighted by Gasteiger charge is 2.19. The zero-order chi connectivity index (χ0) is 18.6. The van der Waals surface area contributed by atoms with Crippen molar-refractivity contribution in [2.45, 2.75) is 30.7 Å². The zero-order valence-electron chi connectivity index (χ0n) is 15.0. The summed E-state index contributed by atoms with van der Waals surface area (Å²) in [6.07, 6.45) is 0.612. The highest BCUT2D eigenvalue weighted by Crippen LogP contribution is 2.34. The molecule has 1 atom stereocenters. The maximum absolute atomic E-state index is 5.81. The van der Waals surface area contributed by atoms with Gasteiger partial charge in [-0.05, 0) is 31.5 Å². The minimum absolute atomic E-state index is 0.0956. The highest BCUT2D eigenvalue weighted by molar-refractivity contribution is 7.99. The van der Waals surface area contributed by atoms with Gasteiger partial charge in [0.15, 0.2) is 0 Å². The van der Waals surface area contributed by atoms with Gasteiger partial charge in [0, 0.05) is 5.56 Å². The molecule has 0 fully saturated rings. The molecule has 2 aromatic heterocycles. The molecule has 7 heteroatoms. The highest BCUT2D eigenvalue weighted by atomic mass is 32.2. The first-order valence-electron chi connectivity index (χ1n) is 8.61. The Morgan fingerprint density at radius 3 is 2.44 bits per heavy atom. The van der Waals surface area contributed by atoms with E-state index in [1.54, 1.807) is 0 Å². The van der Waals surface area contributed by atoms with Gasteiger partial charge >= 0.3 is 0 Å². The fourth-order valence-corrected chi connectivity index (χ4v) is 3.27. The molecule has 0 unspecified atom stereocenters. The van der Waals surface area contributed by atoms with E-state index < -0.39 is 0 Å². The van der Waals surface area contributed by atoms with E-state index >= 15 is 0 Å². The summed E-state index contributed by atoms with van der Waals surface area (Å²) in [7, 11) is 0. The van der Waals surface area contributed by atoms with Crippen LogP contribution < -0.4 is 0 Å². The second kappa shape index (κ2) is 7.75. The molecule has 0 aliphatic carbocycles. The van der Waals surface area contributed by atoms with Crippen LogP contribution in [0.15, 0.2) is 68.7 Å². The number of aromatic nitrogens is 4. The van der Waals surface area contributed by atoms with Crippen molar-refractivity contribution in [2.24, 2.45) is 0 Å². The van der Waals surface area contributed by atoms with E-state index in [-0.39, 0.29) is 5.25 Å². The van der Waals surface area contributed by atoms with Crippen molar-refractivity contribution in [1.82, 2.24) is 20.4 Å². The molecule has 6 nitrogen and oxygen atoms in total. The van der Waals surface area contributed by atoms with Gasteiger partial charge in [0.25, 0.3) is 5.22 Å². The third-order valence-electron chi connectivity index (χ3n) is 4.01. The van der Waals surface area contributed by atoms with Crippen LogP contribution in [-0.2, 0) is 6.42 Å². The summed E-state index contributed by atoms with van der Waals surface area (Å²) in [5.41, 5.74) is 3.22. The molecule has 0 radical (unpaired) electrons. The molecule has 2 aromatic carbocycles. The smallest absolute Gasteiger partial charge is 0.277 e. The Hall–Kier alpha value is -2.93. The average Bonchev–Trinajstić information content (AvgIpc) is 3.33. The van der Waals surface area contributed by atoms with Crippen LogP contribution in [0, 0.1) is 6.92 Å². The molecule has 0 amide bonds. The first kappa shape index (κ1) is 17.5. The van der Waals surface area contributed by atoms with Crippen molar-refractivity contribution in [3.63, 3.8) is 0 Å². The maximum Gasteiger partial charge on any atom is 0.277 e. The molecule has 4 aromatic rings. The quantitative estimate of drug-likeness (QED) is 0.443. The number of nitrogens with zero attached hydrogens (tertiary/aromatic N) is 4. The van der Waals surface area contributed by atoms with Gasteiger partial charge < -0.3 is 8.83 Å². The predicted octanol–water partition coefficient (Wildman–Crippen LogP) is 4.87. The topological polar surface area (TPSA) is 77.8 Å². The maximum atomic E-state index is 5.81. The zero-order valence-corrected chi connectivity index (χ0v) is 15.8. The minimum Gasteiger partial charge on any atom is -0.419 e. The van der Waals surface area contributed by atoms with E-state index in [1.165, 1.54) is 17.3 Å². The molecule has 0 saturated carbocycles. The van der Waals surface area contributed by atoms with Crippen molar-refractivity contribution in [2.75, 3.05) is 0 Å². The number of hydrogen-bond donors (Lipinski definition) is 0. The lowest BCUT2D eigenvalue weighted by Crippen LogP contribution is -1.88. The molecule has 4 rings (SSSR count). The van der Waals surface area contributed by atoms with Gasteiger partial charge in [-0.2, -0.15) is 0 Å². The van der Waals surface area contributed by atoms with E-state index in [9.17, 15) is 0 Å². The standard InChI is InChI=1S/C20H18N4O2S/c1-13-8-10-16(11-9-13)19-23-22-18(26-19)14(2)27-20-24-21-17(25-20)12-15-6-4-3-5-7-15/h3-11,14H,12H2,1-2H3/t14-/m0/s1. The molecule has 0 N–H and O–H groups in total.